The van der Waals surface area contributed by atoms with Crippen LogP contribution >= 0.6 is 0 Å². The first-order chi connectivity index (χ1) is 8.01. The molecule has 0 bridgehead atoms. The fraction of sp³-hybridized carbons (Fsp3) is 0.545. The molecule has 1 rings (SSSR count). The number of ether oxygens (including phenoxy) is 1. The minimum absolute atomic E-state index is 0.0256. The Kier molecular flexibility index (Phi) is 4.25. The highest BCUT2D eigenvalue weighted by Crippen LogP contribution is 2.16. The second-order valence-corrected chi connectivity index (χ2v) is 3.80. The van der Waals surface area contributed by atoms with Crippen molar-refractivity contribution >= 4 is 11.9 Å². The summed E-state index contributed by atoms with van der Waals surface area (Å²) in [5, 5.41) is 6.27. The smallest absolute Gasteiger partial charge is 0.343 e. The van der Waals surface area contributed by atoms with Gasteiger partial charge in [-0.25, -0.2) is 4.79 Å². The van der Waals surface area contributed by atoms with Gasteiger partial charge in [0.1, 0.15) is 5.56 Å². The van der Waals surface area contributed by atoms with E-state index in [0.717, 1.165) is 0 Å². The fourth-order valence-electron chi connectivity index (χ4n) is 1.36. The number of esters is 1. The molecule has 1 aromatic rings. The maximum atomic E-state index is 11.8. The van der Waals surface area contributed by atoms with E-state index in [4.69, 9.17) is 4.52 Å². The quantitative estimate of drug-likeness (QED) is 0.799. The average Bonchev–Trinajstić information content (AvgIpc) is 2.70. The van der Waals surface area contributed by atoms with Crippen LogP contribution in [0.5, 0.6) is 0 Å². The van der Waals surface area contributed by atoms with Gasteiger partial charge in [0, 0.05) is 12.5 Å². The van der Waals surface area contributed by atoms with E-state index in [1.165, 1.54) is 7.11 Å². The molecule has 1 amide bonds. The van der Waals surface area contributed by atoms with Crippen molar-refractivity contribution in [2.24, 2.45) is 0 Å². The van der Waals surface area contributed by atoms with Gasteiger partial charge in [-0.15, -0.1) is 0 Å². The molecule has 0 aliphatic carbocycles. The zero-order chi connectivity index (χ0) is 13.0. The van der Waals surface area contributed by atoms with Crippen LogP contribution in [0.4, 0.5) is 0 Å². The predicted molar refractivity (Wildman–Crippen MR) is 59.8 cm³/mol. The van der Waals surface area contributed by atoms with E-state index >= 15 is 0 Å². The van der Waals surface area contributed by atoms with Gasteiger partial charge in [-0.1, -0.05) is 12.1 Å². The molecular formula is C11H16N2O4. The summed E-state index contributed by atoms with van der Waals surface area (Å²) in [6.45, 7) is 5.43. The Morgan fingerprint density at radius 3 is 2.59 bits per heavy atom. The Hall–Kier alpha value is -1.85. The lowest BCUT2D eigenvalue weighted by Crippen LogP contribution is -2.31. The molecule has 0 aliphatic heterocycles. The summed E-state index contributed by atoms with van der Waals surface area (Å²) < 4.78 is 9.57. The summed E-state index contributed by atoms with van der Waals surface area (Å²) in [4.78, 5) is 23.3. The number of nitrogens with zero attached hydrogens (tertiary/aromatic N) is 1. The third-order valence-electron chi connectivity index (χ3n) is 2.11. The average molecular weight is 240 g/mol. The number of rotatable bonds is 4. The first kappa shape index (κ1) is 13.2. The summed E-state index contributed by atoms with van der Waals surface area (Å²) >= 11 is 0. The van der Waals surface area contributed by atoms with Crippen LogP contribution in [0.15, 0.2) is 4.52 Å². The summed E-state index contributed by atoms with van der Waals surface area (Å²) in [6.07, 6.45) is 0.465. The monoisotopic (exact) mass is 240 g/mol. The van der Waals surface area contributed by atoms with Gasteiger partial charge in [-0.2, -0.15) is 0 Å². The molecule has 0 saturated heterocycles. The molecule has 0 radical (unpaired) electrons. The van der Waals surface area contributed by atoms with Crippen molar-refractivity contribution in [1.29, 1.82) is 0 Å². The van der Waals surface area contributed by atoms with Crippen LogP contribution in [0.3, 0.4) is 0 Å². The van der Waals surface area contributed by atoms with Crippen molar-refractivity contribution in [2.75, 3.05) is 7.11 Å². The minimum atomic E-state index is -0.614. The van der Waals surface area contributed by atoms with Crippen molar-refractivity contribution in [3.8, 4) is 0 Å². The molecule has 0 spiro atoms. The zero-order valence-electron chi connectivity index (χ0n) is 10.4. The minimum Gasteiger partial charge on any atom is -0.465 e. The number of carbonyl (C=O) groups is 2. The summed E-state index contributed by atoms with van der Waals surface area (Å²) in [5.41, 5.74) is 0.0792. The normalized spacial score (nSPS) is 10.4. The highest BCUT2D eigenvalue weighted by Gasteiger charge is 2.27. The van der Waals surface area contributed by atoms with E-state index in [-0.39, 0.29) is 17.3 Å². The fourth-order valence-corrected chi connectivity index (χ4v) is 1.36. The number of hydrogen-bond acceptors (Lipinski definition) is 5. The third-order valence-corrected chi connectivity index (χ3v) is 2.11. The van der Waals surface area contributed by atoms with E-state index in [0.29, 0.717) is 12.2 Å². The van der Waals surface area contributed by atoms with Crippen LogP contribution in [0.2, 0.25) is 0 Å². The number of aromatic nitrogens is 1. The van der Waals surface area contributed by atoms with Crippen LogP contribution in [-0.4, -0.2) is 30.2 Å². The lowest BCUT2D eigenvalue weighted by Gasteiger charge is -2.06. The highest BCUT2D eigenvalue weighted by atomic mass is 16.5. The van der Waals surface area contributed by atoms with Crippen molar-refractivity contribution in [3.63, 3.8) is 0 Å². The topological polar surface area (TPSA) is 81.4 Å². The molecule has 1 N–H and O–H groups in total. The Morgan fingerprint density at radius 2 is 2.12 bits per heavy atom. The summed E-state index contributed by atoms with van der Waals surface area (Å²) in [7, 11) is 1.25. The number of methoxy groups -OCH3 is 1. The van der Waals surface area contributed by atoms with Gasteiger partial charge in [0.15, 0.2) is 11.5 Å². The zero-order valence-corrected chi connectivity index (χ0v) is 10.4. The Labute approximate surface area is 99.3 Å². The summed E-state index contributed by atoms with van der Waals surface area (Å²) in [6, 6.07) is -0.0465. The van der Waals surface area contributed by atoms with Crippen LogP contribution in [0.25, 0.3) is 0 Å². The van der Waals surface area contributed by atoms with Crippen molar-refractivity contribution in [3.05, 3.63) is 17.0 Å². The lowest BCUT2D eigenvalue weighted by atomic mass is 10.1. The molecule has 0 fully saturated rings. The summed E-state index contributed by atoms with van der Waals surface area (Å²) in [5.74, 6) is -0.702. The van der Waals surface area contributed by atoms with Crippen molar-refractivity contribution < 1.29 is 18.8 Å². The molecule has 6 nitrogen and oxygen atoms in total. The van der Waals surface area contributed by atoms with Gasteiger partial charge < -0.3 is 14.6 Å². The molecule has 0 atom stereocenters. The van der Waals surface area contributed by atoms with E-state index in [1.807, 2.05) is 13.8 Å². The first-order valence-electron chi connectivity index (χ1n) is 5.38. The molecule has 1 heterocycles. The van der Waals surface area contributed by atoms with Gasteiger partial charge in [-0.05, 0) is 13.8 Å². The van der Waals surface area contributed by atoms with Gasteiger partial charge in [-0.3, -0.25) is 4.79 Å². The number of aryl methyl sites for hydroxylation is 1. The van der Waals surface area contributed by atoms with Gasteiger partial charge in [0.25, 0.3) is 5.91 Å². The molecule has 17 heavy (non-hydrogen) atoms. The maximum absolute atomic E-state index is 11.8. The molecule has 94 valence electrons. The molecule has 0 aromatic carbocycles. The van der Waals surface area contributed by atoms with Gasteiger partial charge in [0.05, 0.1) is 7.11 Å². The van der Waals surface area contributed by atoms with Crippen molar-refractivity contribution in [2.45, 2.75) is 33.2 Å². The number of nitrogens with one attached hydrogen (secondary N) is 1. The number of carbonyl (C=O) groups excluding carboxylic acids is 2. The van der Waals surface area contributed by atoms with Crippen LogP contribution in [0, 0.1) is 0 Å². The largest absolute Gasteiger partial charge is 0.465 e. The predicted octanol–water partition coefficient (Wildman–Crippen LogP) is 1.16. The lowest BCUT2D eigenvalue weighted by molar-refractivity contribution is 0.0594. The Bertz CT molecular complexity index is 423. The molecular weight excluding hydrogens is 224 g/mol. The Morgan fingerprint density at radius 1 is 1.47 bits per heavy atom. The van der Waals surface area contributed by atoms with E-state index < -0.39 is 11.9 Å². The van der Waals surface area contributed by atoms with E-state index in [1.54, 1.807) is 6.92 Å². The van der Waals surface area contributed by atoms with Gasteiger partial charge in [0.2, 0.25) is 0 Å². The second-order valence-electron chi connectivity index (χ2n) is 3.80. The van der Waals surface area contributed by atoms with E-state index in [9.17, 15) is 9.59 Å². The SMILES string of the molecule is CCc1onc(C(=O)NC(C)C)c1C(=O)OC. The van der Waals surface area contributed by atoms with Crippen LogP contribution in [0.1, 0.15) is 47.4 Å². The molecule has 0 unspecified atom stereocenters. The second kappa shape index (κ2) is 5.47. The Balaban J connectivity index is 3.11. The van der Waals surface area contributed by atoms with Gasteiger partial charge >= 0.3 is 5.97 Å². The van der Waals surface area contributed by atoms with Crippen molar-refractivity contribution in [1.82, 2.24) is 10.5 Å². The molecule has 1 aromatic heterocycles. The van der Waals surface area contributed by atoms with Crippen LogP contribution < -0.4 is 5.32 Å². The molecule has 6 heteroatoms. The number of hydrogen-bond donors (Lipinski definition) is 1. The molecule has 0 aliphatic rings. The standard InChI is InChI=1S/C11H16N2O4/c1-5-7-8(11(15)16-4)9(13-17-7)10(14)12-6(2)3/h6H,5H2,1-4H3,(H,12,14). The highest BCUT2D eigenvalue weighted by molar-refractivity contribution is 6.04. The van der Waals surface area contributed by atoms with E-state index in [2.05, 4.69) is 15.2 Å². The van der Waals surface area contributed by atoms with Crippen LogP contribution in [-0.2, 0) is 11.2 Å². The third kappa shape index (κ3) is 2.83. The number of amides is 1. The molecule has 0 saturated carbocycles. The first-order valence-corrected chi connectivity index (χ1v) is 5.38. The maximum Gasteiger partial charge on any atom is 0.343 e.